The van der Waals surface area contributed by atoms with E-state index in [9.17, 15) is 19.8 Å². The highest BCUT2D eigenvalue weighted by atomic mass is 16.7. The number of ether oxygens (including phenoxy) is 4. The van der Waals surface area contributed by atoms with Gasteiger partial charge in [-0.15, -0.1) is 0 Å². The fourth-order valence-electron chi connectivity index (χ4n) is 18.1. The first kappa shape index (κ1) is 37.5. The number of cyclic esters (lactones) is 2. The molecule has 0 amide bonds. The molecule has 13 aliphatic rings. The van der Waals surface area contributed by atoms with Crippen molar-refractivity contribution in [3.63, 3.8) is 0 Å². The minimum atomic E-state index is -1.45. The molecule has 0 aromatic carbocycles. The van der Waals surface area contributed by atoms with Crippen LogP contribution in [-0.2, 0) is 39.8 Å². The third-order valence-electron chi connectivity index (χ3n) is 20.5. The number of rotatable bonds is 3. The van der Waals surface area contributed by atoms with Crippen LogP contribution in [0.3, 0.4) is 0 Å². The first-order valence-corrected chi connectivity index (χ1v) is 23.3. The van der Waals surface area contributed by atoms with Crippen molar-refractivity contribution in [2.45, 2.75) is 146 Å². The number of nitrogens with one attached hydrogen (secondary N) is 1. The summed E-state index contributed by atoms with van der Waals surface area (Å²) in [6, 6.07) is 2.47. The molecule has 0 radical (unpaired) electrons. The number of carbonyl (C=O) groups excluding carboxylic acids is 3. The smallest absolute Gasteiger partial charge is 0.339 e. The van der Waals surface area contributed by atoms with Crippen LogP contribution in [0.4, 0.5) is 0 Å². The van der Waals surface area contributed by atoms with E-state index in [2.05, 4.69) is 35.5 Å². The van der Waals surface area contributed by atoms with Crippen LogP contribution in [0.5, 0.6) is 0 Å². The van der Waals surface area contributed by atoms with Gasteiger partial charge >= 0.3 is 11.9 Å². The fourth-order valence-corrected chi connectivity index (χ4v) is 18.1. The van der Waals surface area contributed by atoms with Gasteiger partial charge < -0.3 is 38.5 Å². The Balaban J connectivity index is 0.889. The highest BCUT2D eigenvalue weighted by Crippen LogP contribution is 2.85. The topological polar surface area (TPSA) is 160 Å². The van der Waals surface area contributed by atoms with Gasteiger partial charge in [-0.2, -0.15) is 0 Å². The molecule has 10 fully saturated rings. The van der Waals surface area contributed by atoms with Crippen LogP contribution in [0.25, 0.3) is 0 Å². The number of aliphatic hydroxyl groups is 2. The quantitative estimate of drug-likeness (QED) is 0.215. The van der Waals surface area contributed by atoms with Crippen LogP contribution in [0.2, 0.25) is 0 Å². The minimum Gasteiger partial charge on any atom is -0.469 e. The molecule has 5 saturated heterocycles. The molecule has 1 aromatic rings. The van der Waals surface area contributed by atoms with E-state index in [0.29, 0.717) is 68.2 Å². The second kappa shape index (κ2) is 11.8. The Kier molecular flexibility index (Phi) is 7.35. The number of fused-ring (bicyclic) bond motifs is 7. The second-order valence-corrected chi connectivity index (χ2v) is 22.3. The van der Waals surface area contributed by atoms with Crippen molar-refractivity contribution in [3.05, 3.63) is 48.1 Å². The van der Waals surface area contributed by atoms with E-state index in [4.69, 9.17) is 23.4 Å². The summed E-state index contributed by atoms with van der Waals surface area (Å²) in [4.78, 5) is 46.5. The van der Waals surface area contributed by atoms with Crippen molar-refractivity contribution in [2.24, 2.45) is 62.6 Å². The summed E-state index contributed by atoms with van der Waals surface area (Å²) in [5.74, 6) is 1.31. The van der Waals surface area contributed by atoms with Crippen molar-refractivity contribution in [2.75, 3.05) is 19.8 Å². The zero-order valence-electron chi connectivity index (χ0n) is 35.1. The molecule has 5 saturated carbocycles. The number of epoxide rings is 1. The van der Waals surface area contributed by atoms with E-state index in [1.165, 1.54) is 6.42 Å². The molecule has 322 valence electrons. The average molecular weight is 825 g/mol. The molecule has 1 aromatic heterocycles. The standard InChI is InChI=1S/C48H60N2O10/c1-42(2)47-15-6-14-45(35(52)36(47)53)34(46(47)23-57-41(55)44(40(46)60-42)12-4-5-13-44)9-16-43(3)37(58-39(54)38-48(43,45)59-38)27-11-18-56-33(27)21-30-28-19-26-10-17-50-24-49-22-31(50)29(26)20-25(28)7-8-32(30)51/h6,10-11,15,17-18,25-26,28-32,34-35,37-38,40,49,51-52H,4-5,7-9,12-14,16,19-24H2,1-3H3. The van der Waals surface area contributed by atoms with Gasteiger partial charge in [0.25, 0.3) is 0 Å². The molecule has 5 spiro atoms. The van der Waals surface area contributed by atoms with Gasteiger partial charge in [-0.1, -0.05) is 38.0 Å². The lowest BCUT2D eigenvalue weighted by atomic mass is 9.32. The highest BCUT2D eigenvalue weighted by Gasteiger charge is 2.95. The van der Waals surface area contributed by atoms with Crippen LogP contribution >= 0.6 is 0 Å². The maximum Gasteiger partial charge on any atom is 0.339 e. The number of allylic oxidation sites excluding steroid dienone is 2. The van der Waals surface area contributed by atoms with Crippen LogP contribution in [0.15, 0.2) is 41.2 Å². The first-order valence-electron chi connectivity index (χ1n) is 23.3. The van der Waals surface area contributed by atoms with E-state index in [1.807, 2.05) is 26.0 Å². The normalized spacial score (nSPS) is 53.1. The Morgan fingerprint density at radius 2 is 1.78 bits per heavy atom. The zero-order valence-corrected chi connectivity index (χ0v) is 35.1. The predicted octanol–water partition coefficient (Wildman–Crippen LogP) is 4.92. The molecule has 2 bridgehead atoms. The van der Waals surface area contributed by atoms with Crippen molar-refractivity contribution >= 4 is 17.7 Å². The third kappa shape index (κ3) is 3.93. The SMILES string of the molecule is CC1(C)OC2C3(CCCC3)C(=O)OCC23C2CCC4(C)C(c5ccoc5CC5C(O)CCC6CC7C(C=CN8CNCC78)CC65)OC(=O)C5OC54C24CC=CC13C(=O)C4O. The summed E-state index contributed by atoms with van der Waals surface area (Å²) >= 11 is 0. The van der Waals surface area contributed by atoms with Gasteiger partial charge in [0.05, 0.1) is 47.0 Å². The summed E-state index contributed by atoms with van der Waals surface area (Å²) in [5, 5.41) is 28.3. The summed E-state index contributed by atoms with van der Waals surface area (Å²) < 4.78 is 33.3. The summed E-state index contributed by atoms with van der Waals surface area (Å²) in [7, 11) is 0. The number of ketones is 1. The average Bonchev–Trinajstić information content (AvgIpc) is 3.56. The number of aliphatic hydroxyl groups excluding tert-OH is 2. The maximum atomic E-state index is 15.6. The molecule has 7 heterocycles. The number of Topliss-reactive ketones (excluding diaryl/α,β-unsaturated/α-hetero) is 1. The van der Waals surface area contributed by atoms with Crippen LogP contribution in [-0.4, -0.2) is 94.3 Å². The Bertz CT molecular complexity index is 2140. The van der Waals surface area contributed by atoms with Crippen molar-refractivity contribution < 1.29 is 48.0 Å². The summed E-state index contributed by atoms with van der Waals surface area (Å²) in [5.41, 5.74) is -6.64. The van der Waals surface area contributed by atoms with Crippen LogP contribution < -0.4 is 5.32 Å². The second-order valence-electron chi connectivity index (χ2n) is 22.3. The Morgan fingerprint density at radius 3 is 2.62 bits per heavy atom. The van der Waals surface area contributed by atoms with Gasteiger partial charge in [0.2, 0.25) is 0 Å². The Hall–Kier alpha value is -3.03. The predicted molar refractivity (Wildman–Crippen MR) is 212 cm³/mol. The van der Waals surface area contributed by atoms with E-state index in [0.717, 1.165) is 56.6 Å². The molecule has 12 nitrogen and oxygen atoms in total. The molecule has 14 rings (SSSR count). The molecule has 12 heteroatoms. The zero-order chi connectivity index (χ0) is 41.0. The van der Waals surface area contributed by atoms with Gasteiger partial charge in [-0.25, -0.2) is 4.79 Å². The van der Waals surface area contributed by atoms with Crippen molar-refractivity contribution in [3.8, 4) is 0 Å². The fraction of sp³-hybridized carbons (Fsp3) is 0.771. The molecule has 3 N–H and O–H groups in total. The molecule has 17 atom stereocenters. The van der Waals surface area contributed by atoms with Gasteiger partial charge in [0.1, 0.15) is 30.2 Å². The number of hydrogen-bond acceptors (Lipinski definition) is 12. The molecular formula is C48H60N2O10. The van der Waals surface area contributed by atoms with Gasteiger partial charge in [-0.05, 0) is 119 Å². The number of esters is 2. The number of hydrogen-bond donors (Lipinski definition) is 3. The number of carbonyl (C=O) groups is 3. The van der Waals surface area contributed by atoms with E-state index < -0.39 is 74.8 Å². The number of furan rings is 1. The van der Waals surface area contributed by atoms with Crippen molar-refractivity contribution in [1.29, 1.82) is 0 Å². The largest absolute Gasteiger partial charge is 0.469 e. The Morgan fingerprint density at radius 1 is 0.950 bits per heavy atom. The summed E-state index contributed by atoms with van der Waals surface area (Å²) in [6.45, 7) is 8.00. The summed E-state index contributed by atoms with van der Waals surface area (Å²) in [6.07, 6.45) is 15.3. The molecule has 17 unspecified atom stereocenters. The van der Waals surface area contributed by atoms with E-state index in [-0.39, 0.29) is 30.2 Å². The molecule has 60 heavy (non-hydrogen) atoms. The van der Waals surface area contributed by atoms with E-state index >= 15 is 4.79 Å². The molecule has 6 aliphatic heterocycles. The van der Waals surface area contributed by atoms with Crippen LogP contribution in [0, 0.1) is 62.6 Å². The van der Waals surface area contributed by atoms with Gasteiger partial charge in [0.15, 0.2) is 11.9 Å². The highest BCUT2D eigenvalue weighted by molar-refractivity contribution is 5.98. The van der Waals surface area contributed by atoms with Crippen LogP contribution in [0.1, 0.15) is 109 Å². The maximum absolute atomic E-state index is 15.6. The lowest BCUT2D eigenvalue weighted by Crippen LogP contribution is -2.80. The lowest BCUT2D eigenvalue weighted by molar-refractivity contribution is -0.273. The monoisotopic (exact) mass is 824 g/mol. The molecular weight excluding hydrogens is 765 g/mol. The van der Waals surface area contributed by atoms with E-state index in [1.54, 1.807) is 6.26 Å². The molecule has 7 aliphatic carbocycles. The first-order chi connectivity index (χ1) is 28.8. The minimum absolute atomic E-state index is 0.000348. The third-order valence-corrected chi connectivity index (χ3v) is 20.5. The Labute approximate surface area is 351 Å². The van der Waals surface area contributed by atoms with Gasteiger partial charge in [-0.3, -0.25) is 14.9 Å². The van der Waals surface area contributed by atoms with Gasteiger partial charge in [0, 0.05) is 35.4 Å². The lowest BCUT2D eigenvalue weighted by Gasteiger charge is -2.69. The number of nitrogens with zero attached hydrogens (tertiary/aromatic N) is 1. The van der Waals surface area contributed by atoms with Crippen molar-refractivity contribution in [1.82, 2.24) is 10.2 Å².